The first-order chi connectivity index (χ1) is 11.4. The fourth-order valence-electron chi connectivity index (χ4n) is 2.90. The van der Waals surface area contributed by atoms with Gasteiger partial charge in [0.1, 0.15) is 0 Å². The van der Waals surface area contributed by atoms with E-state index in [-0.39, 0.29) is 0 Å². The summed E-state index contributed by atoms with van der Waals surface area (Å²) < 4.78 is 0. The summed E-state index contributed by atoms with van der Waals surface area (Å²) in [5, 5.41) is 1.52. The predicted molar refractivity (Wildman–Crippen MR) is 108 cm³/mol. The maximum atomic E-state index is 4.93. The second-order valence-electron chi connectivity index (χ2n) is 6.92. The molecule has 0 spiro atoms. The van der Waals surface area contributed by atoms with Crippen LogP contribution < -0.4 is 5.19 Å². The van der Waals surface area contributed by atoms with E-state index in [0.29, 0.717) is 0 Å². The van der Waals surface area contributed by atoms with Crippen molar-refractivity contribution in [2.24, 2.45) is 0 Å². The van der Waals surface area contributed by atoms with Gasteiger partial charge in [0.05, 0.1) is 8.07 Å². The molecule has 1 aliphatic carbocycles. The van der Waals surface area contributed by atoms with Crippen molar-refractivity contribution in [3.8, 4) is 11.1 Å². The molecule has 0 atom stereocenters. The van der Waals surface area contributed by atoms with Crippen LogP contribution in [0.5, 0.6) is 0 Å². The molecule has 2 aromatic rings. The van der Waals surface area contributed by atoms with Crippen LogP contribution in [0.4, 0.5) is 0 Å². The molecule has 0 unspecified atom stereocenters. The number of benzene rings is 2. The number of halogens is 2. The van der Waals surface area contributed by atoms with Gasteiger partial charge in [-0.2, -0.15) is 0 Å². The van der Waals surface area contributed by atoms with Crippen molar-refractivity contribution >= 4 is 36.4 Å². The quantitative estimate of drug-likeness (QED) is 0.457. The molecule has 0 fully saturated rings. The van der Waals surface area contributed by atoms with E-state index in [1.165, 1.54) is 33.0 Å². The third kappa shape index (κ3) is 4.94. The van der Waals surface area contributed by atoms with E-state index >= 15 is 0 Å². The Balaban J connectivity index is 0.000000647. The van der Waals surface area contributed by atoms with E-state index in [4.69, 9.17) is 17.0 Å². The molecule has 0 N–H and O–H groups in total. The fourth-order valence-corrected chi connectivity index (χ4v) is 4.07. The van der Waals surface area contributed by atoms with Crippen molar-refractivity contribution in [2.75, 3.05) is 0 Å². The molecule has 0 heterocycles. The summed E-state index contributed by atoms with van der Waals surface area (Å²) in [7, 11) is 8.66. The zero-order valence-electron chi connectivity index (χ0n) is 14.7. The maximum absolute atomic E-state index is 4.93. The zero-order chi connectivity index (χ0) is 17.7. The van der Waals surface area contributed by atoms with Gasteiger partial charge in [-0.3, -0.25) is 0 Å². The van der Waals surface area contributed by atoms with Crippen LogP contribution >= 0.6 is 17.0 Å². The molecule has 125 valence electrons. The van der Waals surface area contributed by atoms with Crippen molar-refractivity contribution in [1.82, 2.24) is 0 Å². The van der Waals surface area contributed by atoms with Crippen molar-refractivity contribution in [3.63, 3.8) is 0 Å². The van der Waals surface area contributed by atoms with Crippen LogP contribution in [0.25, 0.3) is 17.2 Å². The van der Waals surface area contributed by atoms with Gasteiger partial charge in [0.2, 0.25) is 0 Å². The molecule has 0 aliphatic heterocycles. The number of allylic oxidation sites excluding steroid dienone is 1. The Morgan fingerprint density at radius 1 is 0.958 bits per heavy atom. The van der Waals surface area contributed by atoms with E-state index in [1.54, 1.807) is 0 Å². The summed E-state index contributed by atoms with van der Waals surface area (Å²) in [4.78, 5) is 0. The summed E-state index contributed by atoms with van der Waals surface area (Å²) in [6.07, 6.45) is 5.76. The van der Waals surface area contributed by atoms with Crippen LogP contribution in [0.15, 0.2) is 48.0 Å². The second kappa shape index (κ2) is 8.99. The van der Waals surface area contributed by atoms with Gasteiger partial charge in [0, 0.05) is 6.42 Å². The standard InChI is InChI=1S/C20H23Si.2ClH.Zr/c1-5-15-13-17-7-6-8-19(20(17)14-15)16-9-11-18(12-10-16)21(2,3)4;;;/h6-14H,5H2,1-4H3;2*1H;/q;;;+2/p-2. The summed E-state index contributed by atoms with van der Waals surface area (Å²) in [5.74, 6) is 0. The molecule has 0 amide bonds. The van der Waals surface area contributed by atoms with E-state index in [0.717, 1.165) is 6.42 Å². The molecular formula is C20H23Cl2SiZr. The Hall–Kier alpha value is -0.140. The molecule has 0 saturated heterocycles. The molecule has 0 aromatic heterocycles. The van der Waals surface area contributed by atoms with Gasteiger partial charge in [-0.15, -0.1) is 0 Å². The summed E-state index contributed by atoms with van der Waals surface area (Å²) in [6.45, 7) is 9.41. The van der Waals surface area contributed by atoms with Crippen molar-refractivity contribution in [3.05, 3.63) is 65.6 Å². The number of fused-ring (bicyclic) bond motifs is 1. The molecule has 2 aromatic carbocycles. The number of hydrogen-bond donors (Lipinski definition) is 0. The van der Waals surface area contributed by atoms with Crippen molar-refractivity contribution < 1.29 is 20.8 Å². The summed E-state index contributed by atoms with van der Waals surface area (Å²) in [5.41, 5.74) is 6.86. The van der Waals surface area contributed by atoms with E-state index in [1.807, 2.05) is 0 Å². The Labute approximate surface area is 166 Å². The monoisotopic (exact) mass is 451 g/mol. The minimum absolute atomic E-state index is 0.826. The first kappa shape index (κ1) is 20.2. The summed E-state index contributed by atoms with van der Waals surface area (Å²) >= 11 is -0.826. The first-order valence-corrected chi connectivity index (χ1v) is 18.0. The number of hydrogen-bond acceptors (Lipinski definition) is 0. The zero-order valence-corrected chi connectivity index (χ0v) is 19.6. The van der Waals surface area contributed by atoms with Gasteiger partial charge in [0.25, 0.3) is 0 Å². The topological polar surface area (TPSA) is 0 Å². The molecule has 1 radical (unpaired) electrons. The van der Waals surface area contributed by atoms with Gasteiger partial charge >= 0.3 is 37.9 Å². The Morgan fingerprint density at radius 3 is 2.12 bits per heavy atom. The molecule has 24 heavy (non-hydrogen) atoms. The van der Waals surface area contributed by atoms with Crippen LogP contribution in [-0.4, -0.2) is 8.07 Å². The van der Waals surface area contributed by atoms with E-state index in [2.05, 4.69) is 81.5 Å². The van der Waals surface area contributed by atoms with Crippen LogP contribution in [-0.2, 0) is 20.8 Å². The van der Waals surface area contributed by atoms with Crippen LogP contribution in [0.1, 0.15) is 24.5 Å². The average molecular weight is 454 g/mol. The average Bonchev–Trinajstić information content (AvgIpc) is 2.98. The fraction of sp³-hybridized carbons (Fsp3) is 0.250. The van der Waals surface area contributed by atoms with Crippen LogP contribution in [0.2, 0.25) is 19.6 Å². The predicted octanol–water partition coefficient (Wildman–Crippen LogP) is 6.63. The Kier molecular flexibility index (Phi) is 7.56. The first-order valence-electron chi connectivity index (χ1n) is 8.16. The van der Waals surface area contributed by atoms with Gasteiger partial charge in [0.15, 0.2) is 0 Å². The molecule has 1 aliphatic rings. The third-order valence-corrected chi connectivity index (χ3v) is 6.35. The second-order valence-corrected chi connectivity index (χ2v) is 15.7. The van der Waals surface area contributed by atoms with Crippen molar-refractivity contribution in [2.45, 2.75) is 33.0 Å². The normalized spacial score (nSPS) is 12.8. The van der Waals surface area contributed by atoms with E-state index in [9.17, 15) is 0 Å². The van der Waals surface area contributed by atoms with Gasteiger partial charge < -0.3 is 0 Å². The molecular weight excluding hydrogens is 430 g/mol. The number of rotatable bonds is 3. The van der Waals surface area contributed by atoms with Gasteiger partial charge in [-0.25, -0.2) is 0 Å². The SMILES string of the molecule is CCC1=Cc2c(cccc2-c2ccc([Si](C)(C)C)cc2)[CH]1.[Cl][Zr][Cl]. The summed E-state index contributed by atoms with van der Waals surface area (Å²) in [6, 6.07) is 15.9. The minimum atomic E-state index is -1.21. The Bertz CT molecular complexity index is 715. The molecule has 0 bridgehead atoms. The van der Waals surface area contributed by atoms with Crippen molar-refractivity contribution in [1.29, 1.82) is 0 Å². The van der Waals surface area contributed by atoms with Gasteiger partial charge in [-0.1, -0.05) is 85.9 Å². The third-order valence-electron chi connectivity index (χ3n) is 4.28. The van der Waals surface area contributed by atoms with Gasteiger partial charge in [-0.05, 0) is 28.7 Å². The molecule has 4 heteroatoms. The van der Waals surface area contributed by atoms with Crippen LogP contribution in [0, 0.1) is 6.42 Å². The molecule has 0 saturated carbocycles. The van der Waals surface area contributed by atoms with Crippen LogP contribution in [0.3, 0.4) is 0 Å². The molecule has 3 rings (SSSR count). The van der Waals surface area contributed by atoms with E-state index < -0.39 is 28.9 Å². The Morgan fingerprint density at radius 2 is 1.58 bits per heavy atom. The molecule has 0 nitrogen and oxygen atoms in total.